The van der Waals surface area contributed by atoms with Crippen molar-refractivity contribution in [2.75, 3.05) is 14.1 Å². The summed E-state index contributed by atoms with van der Waals surface area (Å²) in [5.74, 6) is 0.368. The van der Waals surface area contributed by atoms with Gasteiger partial charge in [0.2, 0.25) is 5.90 Å². The quantitative estimate of drug-likeness (QED) is 0.350. The predicted molar refractivity (Wildman–Crippen MR) is 36.5 cm³/mol. The molecule has 0 bridgehead atoms. The van der Waals surface area contributed by atoms with Gasteiger partial charge in [-0.3, -0.25) is 4.99 Å². The van der Waals surface area contributed by atoms with Crippen molar-refractivity contribution in [3.05, 3.63) is 0 Å². The molecule has 0 radical (unpaired) electrons. The Hall–Kier alpha value is -0.640. The summed E-state index contributed by atoms with van der Waals surface area (Å²) in [5, 5.41) is 0. The fourth-order valence-corrected chi connectivity index (χ4v) is 0.811. The highest BCUT2D eigenvalue weighted by Crippen LogP contribution is 2.35. The van der Waals surface area contributed by atoms with Gasteiger partial charge in [-0.2, -0.15) is 5.48 Å². The van der Waals surface area contributed by atoms with Crippen molar-refractivity contribution in [3.8, 4) is 0 Å². The van der Waals surface area contributed by atoms with Crippen molar-refractivity contribution in [1.82, 2.24) is 5.48 Å². The Morgan fingerprint density at radius 1 is 1.80 bits per heavy atom. The van der Waals surface area contributed by atoms with Gasteiger partial charge >= 0.3 is 0 Å². The van der Waals surface area contributed by atoms with Crippen molar-refractivity contribution < 1.29 is 9.23 Å². The number of halogens is 1. The van der Waals surface area contributed by atoms with Crippen molar-refractivity contribution in [2.24, 2.45) is 10.9 Å². The van der Waals surface area contributed by atoms with E-state index in [0.717, 1.165) is 0 Å². The highest BCUT2D eigenvalue weighted by molar-refractivity contribution is 5.81. The van der Waals surface area contributed by atoms with Crippen LogP contribution < -0.4 is 5.48 Å². The third-order valence-corrected chi connectivity index (χ3v) is 1.46. The van der Waals surface area contributed by atoms with E-state index < -0.39 is 6.17 Å². The molecule has 0 aliphatic heterocycles. The van der Waals surface area contributed by atoms with Crippen LogP contribution in [0.15, 0.2) is 4.99 Å². The molecule has 58 valence electrons. The summed E-state index contributed by atoms with van der Waals surface area (Å²) in [5.41, 5.74) is 2.46. The van der Waals surface area contributed by atoms with Crippen molar-refractivity contribution in [3.63, 3.8) is 0 Å². The summed E-state index contributed by atoms with van der Waals surface area (Å²) < 4.78 is 12.3. The first-order valence-electron chi connectivity index (χ1n) is 3.24. The molecule has 10 heavy (non-hydrogen) atoms. The van der Waals surface area contributed by atoms with E-state index in [1.54, 1.807) is 14.1 Å². The number of hydrogen-bond donors (Lipinski definition) is 1. The third kappa shape index (κ3) is 1.44. The molecule has 0 aromatic heterocycles. The van der Waals surface area contributed by atoms with Crippen LogP contribution in [-0.2, 0) is 4.84 Å². The van der Waals surface area contributed by atoms with Crippen molar-refractivity contribution in [1.29, 1.82) is 0 Å². The number of rotatable bonds is 2. The zero-order valence-electron chi connectivity index (χ0n) is 6.10. The lowest BCUT2D eigenvalue weighted by Crippen LogP contribution is -2.17. The van der Waals surface area contributed by atoms with Gasteiger partial charge in [0.15, 0.2) is 0 Å². The second-order valence-corrected chi connectivity index (χ2v) is 2.23. The standard InChI is InChI=1S/C6H11FN2O/c1-8-6(10-9-2)4-3-5(4)7/h4-5,9H,3H2,1-2H3/t4-,5-/m0/s1. The van der Waals surface area contributed by atoms with Gasteiger partial charge in [-0.15, -0.1) is 0 Å². The Morgan fingerprint density at radius 2 is 2.40 bits per heavy atom. The predicted octanol–water partition coefficient (Wildman–Crippen LogP) is 0.524. The molecular formula is C6H11FN2O. The van der Waals surface area contributed by atoms with E-state index in [4.69, 9.17) is 4.84 Å². The van der Waals surface area contributed by atoms with Crippen LogP contribution in [-0.4, -0.2) is 26.2 Å². The number of nitrogens with one attached hydrogen (secondary N) is 1. The second-order valence-electron chi connectivity index (χ2n) is 2.23. The van der Waals surface area contributed by atoms with Crippen molar-refractivity contribution in [2.45, 2.75) is 12.6 Å². The smallest absolute Gasteiger partial charge is 0.215 e. The molecule has 1 aliphatic rings. The number of hydrogen-bond acceptors (Lipinski definition) is 3. The average Bonchev–Trinajstić information content (AvgIpc) is 2.62. The van der Waals surface area contributed by atoms with Gasteiger partial charge in [0.25, 0.3) is 0 Å². The SMILES string of the molecule is CN=C(ONC)[C@H]1C[C@@H]1F. The van der Waals surface area contributed by atoms with E-state index in [1.165, 1.54) is 0 Å². The van der Waals surface area contributed by atoms with E-state index in [-0.39, 0.29) is 5.92 Å². The number of hydroxylamine groups is 1. The number of aliphatic imine (C=N–C) groups is 1. The van der Waals surface area contributed by atoms with Gasteiger partial charge in [-0.25, -0.2) is 4.39 Å². The van der Waals surface area contributed by atoms with E-state index >= 15 is 0 Å². The van der Waals surface area contributed by atoms with Crippen LogP contribution in [0.4, 0.5) is 4.39 Å². The fraction of sp³-hybridized carbons (Fsp3) is 0.833. The third-order valence-electron chi connectivity index (χ3n) is 1.46. The minimum atomic E-state index is -0.743. The maximum Gasteiger partial charge on any atom is 0.215 e. The topological polar surface area (TPSA) is 33.6 Å². The first-order chi connectivity index (χ1) is 4.79. The molecule has 2 atom stereocenters. The lowest BCUT2D eigenvalue weighted by atomic mass is 10.4. The zero-order chi connectivity index (χ0) is 7.56. The first kappa shape index (κ1) is 7.47. The molecule has 4 heteroatoms. The van der Waals surface area contributed by atoms with Crippen LogP contribution in [0.2, 0.25) is 0 Å². The summed E-state index contributed by atoms with van der Waals surface area (Å²) in [6.45, 7) is 0. The minimum absolute atomic E-state index is 0.0996. The van der Waals surface area contributed by atoms with E-state index in [0.29, 0.717) is 12.3 Å². The lowest BCUT2D eigenvalue weighted by molar-refractivity contribution is 0.196. The molecule has 3 nitrogen and oxygen atoms in total. The van der Waals surface area contributed by atoms with Crippen LogP contribution in [0.25, 0.3) is 0 Å². The van der Waals surface area contributed by atoms with Crippen LogP contribution in [0.5, 0.6) is 0 Å². The van der Waals surface area contributed by atoms with Crippen LogP contribution in [0, 0.1) is 5.92 Å². The van der Waals surface area contributed by atoms with E-state index in [2.05, 4.69) is 10.5 Å². The highest BCUT2D eigenvalue weighted by Gasteiger charge is 2.43. The fourth-order valence-electron chi connectivity index (χ4n) is 0.811. The molecule has 0 saturated heterocycles. The summed E-state index contributed by atoms with van der Waals surface area (Å²) in [4.78, 5) is 8.63. The lowest BCUT2D eigenvalue weighted by Gasteiger charge is -2.02. The maximum absolute atomic E-state index is 12.3. The van der Waals surface area contributed by atoms with Gasteiger partial charge in [0.05, 0.1) is 5.92 Å². The van der Waals surface area contributed by atoms with Crippen LogP contribution in [0.3, 0.4) is 0 Å². The summed E-state index contributed by atoms with van der Waals surface area (Å²) in [6.07, 6.45) is -0.194. The molecule has 0 spiro atoms. The molecule has 0 aromatic rings. The Bertz CT molecular complexity index is 149. The largest absolute Gasteiger partial charge is 0.393 e. The maximum atomic E-state index is 12.3. The molecular weight excluding hydrogens is 135 g/mol. The highest BCUT2D eigenvalue weighted by atomic mass is 19.1. The summed E-state index contributed by atoms with van der Waals surface area (Å²) in [7, 11) is 3.22. The van der Waals surface area contributed by atoms with Crippen molar-refractivity contribution >= 4 is 5.90 Å². The second kappa shape index (κ2) is 2.96. The Morgan fingerprint density at radius 3 is 2.70 bits per heavy atom. The summed E-state index contributed by atoms with van der Waals surface area (Å²) >= 11 is 0. The molecule has 0 amide bonds. The van der Waals surface area contributed by atoms with E-state index in [1.807, 2.05) is 0 Å². The molecule has 0 unspecified atom stereocenters. The van der Waals surface area contributed by atoms with Gasteiger partial charge in [-0.1, -0.05) is 0 Å². The van der Waals surface area contributed by atoms with Gasteiger partial charge in [0.1, 0.15) is 6.17 Å². The molecule has 1 aliphatic carbocycles. The van der Waals surface area contributed by atoms with Gasteiger partial charge in [-0.05, 0) is 6.42 Å². The van der Waals surface area contributed by atoms with Gasteiger partial charge in [0, 0.05) is 14.1 Å². The van der Waals surface area contributed by atoms with Crippen LogP contribution in [0.1, 0.15) is 6.42 Å². The molecule has 0 heterocycles. The minimum Gasteiger partial charge on any atom is -0.393 e. The molecule has 1 N–H and O–H groups in total. The normalized spacial score (nSPS) is 32.1. The van der Waals surface area contributed by atoms with E-state index in [9.17, 15) is 4.39 Å². The zero-order valence-corrected chi connectivity index (χ0v) is 6.10. The van der Waals surface area contributed by atoms with Crippen LogP contribution >= 0.6 is 0 Å². The molecule has 0 aromatic carbocycles. The molecule has 1 rings (SSSR count). The summed E-state index contributed by atoms with van der Waals surface area (Å²) in [6, 6.07) is 0. The average molecular weight is 146 g/mol. The Balaban J connectivity index is 2.36. The first-order valence-corrected chi connectivity index (χ1v) is 3.24. The monoisotopic (exact) mass is 146 g/mol. The number of nitrogens with zero attached hydrogens (tertiary/aromatic N) is 1. The van der Waals surface area contributed by atoms with Gasteiger partial charge < -0.3 is 4.84 Å². The molecule has 1 fully saturated rings. The number of alkyl halides is 1. The molecule has 1 saturated carbocycles. The Labute approximate surface area is 59.2 Å². The Kier molecular flexibility index (Phi) is 2.21.